The van der Waals surface area contributed by atoms with E-state index >= 15 is 0 Å². The number of nitrogens with zero attached hydrogens (tertiary/aromatic N) is 3. The summed E-state index contributed by atoms with van der Waals surface area (Å²) in [6.07, 6.45) is 1.95. The smallest absolute Gasteiger partial charge is 0.190 e. The number of nitrogens with one attached hydrogen (secondary N) is 1. The summed E-state index contributed by atoms with van der Waals surface area (Å²) < 4.78 is 14.9. The van der Waals surface area contributed by atoms with E-state index in [9.17, 15) is 4.39 Å². The second-order valence-corrected chi connectivity index (χ2v) is 4.30. The Morgan fingerprint density at radius 3 is 2.88 bits per heavy atom. The fourth-order valence-corrected chi connectivity index (χ4v) is 1.96. The minimum Gasteiger partial charge on any atom is -0.378 e. The summed E-state index contributed by atoms with van der Waals surface area (Å²) in [7, 11) is 1.91. The third kappa shape index (κ3) is 2.76. The Bertz CT molecular complexity index is 512. The Morgan fingerprint density at radius 1 is 1.41 bits per heavy atom. The van der Waals surface area contributed by atoms with Crippen molar-refractivity contribution in [3.8, 4) is 0 Å². The molecule has 0 fully saturated rings. The summed E-state index contributed by atoms with van der Waals surface area (Å²) in [4.78, 5) is 0. The lowest BCUT2D eigenvalue weighted by Crippen LogP contribution is -2.06. The van der Waals surface area contributed by atoms with Gasteiger partial charge in [0.05, 0.1) is 6.54 Å². The zero-order valence-corrected chi connectivity index (χ0v) is 10.5. The standard InChI is InChI=1S/C11H13FN4S/c1-16-10(14-15-11(16)17-2)7-13-9-5-3-4-8(12)6-9/h3-6,13H,7H2,1-2H3. The molecule has 1 aromatic heterocycles. The highest BCUT2D eigenvalue weighted by atomic mass is 32.2. The van der Waals surface area contributed by atoms with E-state index in [0.717, 1.165) is 16.7 Å². The minimum atomic E-state index is -0.252. The van der Waals surface area contributed by atoms with E-state index in [4.69, 9.17) is 0 Å². The SMILES string of the molecule is CSc1nnc(CNc2cccc(F)c2)n1C. The Morgan fingerprint density at radius 2 is 2.24 bits per heavy atom. The van der Waals surface area contributed by atoms with Crippen LogP contribution in [0.3, 0.4) is 0 Å². The second kappa shape index (κ2) is 5.18. The minimum absolute atomic E-state index is 0.252. The van der Waals surface area contributed by atoms with E-state index in [2.05, 4.69) is 15.5 Å². The van der Waals surface area contributed by atoms with Crippen molar-refractivity contribution < 1.29 is 4.39 Å². The van der Waals surface area contributed by atoms with E-state index in [-0.39, 0.29) is 5.82 Å². The Labute approximate surface area is 103 Å². The van der Waals surface area contributed by atoms with Crippen LogP contribution in [0.2, 0.25) is 0 Å². The van der Waals surface area contributed by atoms with Gasteiger partial charge in [0.1, 0.15) is 5.82 Å². The zero-order valence-electron chi connectivity index (χ0n) is 9.64. The number of anilines is 1. The lowest BCUT2D eigenvalue weighted by atomic mass is 10.3. The topological polar surface area (TPSA) is 42.7 Å². The number of hydrogen-bond donors (Lipinski definition) is 1. The molecule has 0 aliphatic carbocycles. The molecule has 0 unspecified atom stereocenters. The van der Waals surface area contributed by atoms with E-state index in [0.29, 0.717) is 6.54 Å². The van der Waals surface area contributed by atoms with Crippen molar-refractivity contribution >= 4 is 17.4 Å². The molecule has 0 aliphatic heterocycles. The van der Waals surface area contributed by atoms with Crippen molar-refractivity contribution in [1.82, 2.24) is 14.8 Å². The van der Waals surface area contributed by atoms with Crippen LogP contribution in [0.1, 0.15) is 5.82 Å². The summed E-state index contributed by atoms with van der Waals surface area (Å²) >= 11 is 1.54. The molecule has 1 aromatic carbocycles. The molecular weight excluding hydrogens is 239 g/mol. The molecule has 17 heavy (non-hydrogen) atoms. The fourth-order valence-electron chi connectivity index (χ4n) is 1.46. The zero-order chi connectivity index (χ0) is 12.3. The van der Waals surface area contributed by atoms with Gasteiger partial charge in [-0.2, -0.15) is 0 Å². The molecule has 0 aliphatic rings. The van der Waals surface area contributed by atoms with Crippen molar-refractivity contribution in [3.05, 3.63) is 35.9 Å². The van der Waals surface area contributed by atoms with E-state index in [1.54, 1.807) is 17.8 Å². The van der Waals surface area contributed by atoms with Crippen molar-refractivity contribution in [2.75, 3.05) is 11.6 Å². The third-order valence-corrected chi connectivity index (χ3v) is 3.10. The molecule has 0 amide bonds. The van der Waals surface area contributed by atoms with E-state index in [1.165, 1.54) is 12.1 Å². The first-order valence-corrected chi connectivity index (χ1v) is 6.35. The van der Waals surface area contributed by atoms with Crippen LogP contribution in [0.4, 0.5) is 10.1 Å². The monoisotopic (exact) mass is 252 g/mol. The van der Waals surface area contributed by atoms with Gasteiger partial charge in [0.25, 0.3) is 0 Å². The van der Waals surface area contributed by atoms with Crippen LogP contribution in [0.5, 0.6) is 0 Å². The molecule has 1 N–H and O–H groups in total. The van der Waals surface area contributed by atoms with Crippen LogP contribution in [0.15, 0.2) is 29.4 Å². The molecule has 0 saturated heterocycles. The first kappa shape index (κ1) is 11.9. The highest BCUT2D eigenvalue weighted by Gasteiger charge is 2.06. The Kier molecular flexibility index (Phi) is 3.63. The van der Waals surface area contributed by atoms with Gasteiger partial charge in [-0.3, -0.25) is 0 Å². The summed E-state index contributed by atoms with van der Waals surface area (Å²) in [6.45, 7) is 0.521. The van der Waals surface area contributed by atoms with Gasteiger partial charge in [0.15, 0.2) is 11.0 Å². The molecule has 90 valence electrons. The van der Waals surface area contributed by atoms with Gasteiger partial charge in [0, 0.05) is 12.7 Å². The van der Waals surface area contributed by atoms with Gasteiger partial charge < -0.3 is 9.88 Å². The fraction of sp³-hybridized carbons (Fsp3) is 0.273. The van der Waals surface area contributed by atoms with E-state index < -0.39 is 0 Å². The van der Waals surface area contributed by atoms with Gasteiger partial charge in [-0.05, 0) is 24.5 Å². The van der Waals surface area contributed by atoms with Crippen LogP contribution in [-0.2, 0) is 13.6 Å². The molecule has 2 aromatic rings. The molecule has 4 nitrogen and oxygen atoms in total. The molecule has 2 rings (SSSR count). The van der Waals surface area contributed by atoms with Crippen molar-refractivity contribution in [3.63, 3.8) is 0 Å². The van der Waals surface area contributed by atoms with E-state index in [1.807, 2.05) is 23.9 Å². The number of rotatable bonds is 4. The van der Waals surface area contributed by atoms with Crippen LogP contribution < -0.4 is 5.32 Å². The number of halogens is 1. The molecule has 0 bridgehead atoms. The normalized spacial score (nSPS) is 10.5. The van der Waals surface area contributed by atoms with Crippen LogP contribution in [0, 0.1) is 5.82 Å². The number of hydrogen-bond acceptors (Lipinski definition) is 4. The Balaban J connectivity index is 2.05. The molecule has 6 heteroatoms. The summed E-state index contributed by atoms with van der Waals surface area (Å²) in [6, 6.07) is 6.35. The maximum Gasteiger partial charge on any atom is 0.190 e. The maximum atomic E-state index is 13.0. The first-order valence-electron chi connectivity index (χ1n) is 5.12. The highest BCUT2D eigenvalue weighted by molar-refractivity contribution is 7.98. The van der Waals surface area contributed by atoms with Gasteiger partial charge in [-0.1, -0.05) is 17.8 Å². The predicted molar refractivity (Wildman–Crippen MR) is 66.5 cm³/mol. The second-order valence-electron chi connectivity index (χ2n) is 3.53. The summed E-state index contributed by atoms with van der Waals surface area (Å²) in [5.41, 5.74) is 0.735. The molecule has 0 spiro atoms. The van der Waals surface area contributed by atoms with Gasteiger partial charge >= 0.3 is 0 Å². The lowest BCUT2D eigenvalue weighted by Gasteiger charge is -2.06. The van der Waals surface area contributed by atoms with Crippen molar-refractivity contribution in [2.24, 2.45) is 7.05 Å². The van der Waals surface area contributed by atoms with Gasteiger partial charge in [-0.15, -0.1) is 10.2 Å². The molecular formula is C11H13FN4S. The van der Waals surface area contributed by atoms with Crippen molar-refractivity contribution in [2.45, 2.75) is 11.7 Å². The average molecular weight is 252 g/mol. The molecule has 0 saturated carbocycles. The number of thioether (sulfide) groups is 1. The van der Waals surface area contributed by atoms with Crippen LogP contribution in [0.25, 0.3) is 0 Å². The predicted octanol–water partition coefficient (Wildman–Crippen LogP) is 2.29. The first-order chi connectivity index (χ1) is 8.20. The quantitative estimate of drug-likeness (QED) is 0.848. The van der Waals surface area contributed by atoms with Gasteiger partial charge in [0.2, 0.25) is 0 Å². The van der Waals surface area contributed by atoms with Crippen LogP contribution >= 0.6 is 11.8 Å². The maximum absolute atomic E-state index is 13.0. The molecule has 1 heterocycles. The molecule has 0 atom stereocenters. The number of benzene rings is 1. The Hall–Kier alpha value is -1.56. The van der Waals surface area contributed by atoms with Crippen LogP contribution in [-0.4, -0.2) is 21.0 Å². The highest BCUT2D eigenvalue weighted by Crippen LogP contribution is 2.13. The largest absolute Gasteiger partial charge is 0.378 e. The van der Waals surface area contributed by atoms with Crippen molar-refractivity contribution in [1.29, 1.82) is 0 Å². The summed E-state index contributed by atoms with van der Waals surface area (Å²) in [5.74, 6) is 0.566. The lowest BCUT2D eigenvalue weighted by molar-refractivity contribution is 0.628. The average Bonchev–Trinajstić information content (AvgIpc) is 2.67. The molecule has 0 radical (unpaired) electrons. The van der Waals surface area contributed by atoms with Gasteiger partial charge in [-0.25, -0.2) is 4.39 Å². The summed E-state index contributed by atoms with van der Waals surface area (Å²) in [5, 5.41) is 12.1. The third-order valence-electron chi connectivity index (χ3n) is 2.38. The number of aromatic nitrogens is 3.